The largest absolute Gasteiger partial charge is 0.323 e. The molecule has 0 aliphatic rings. The van der Waals surface area contributed by atoms with Crippen LogP contribution in [0, 0.1) is 0 Å². The van der Waals surface area contributed by atoms with E-state index in [9.17, 15) is 9.59 Å². The maximum atomic E-state index is 13.0. The molecule has 0 unspecified atom stereocenters. The highest BCUT2D eigenvalue weighted by atomic mass is 32.2. The third kappa shape index (κ3) is 3.94. The molecule has 0 saturated carbocycles. The summed E-state index contributed by atoms with van der Waals surface area (Å²) in [5.74, 6) is 0.0137. The van der Waals surface area contributed by atoms with Crippen LogP contribution in [-0.2, 0) is 7.05 Å². The van der Waals surface area contributed by atoms with Gasteiger partial charge in [0.25, 0.3) is 5.56 Å². The summed E-state index contributed by atoms with van der Waals surface area (Å²) in [6.07, 6.45) is 6.49. The first-order valence-corrected chi connectivity index (χ1v) is 9.94. The highest BCUT2D eigenvalue weighted by Crippen LogP contribution is 2.23. The molecule has 1 aromatic carbocycles. The lowest BCUT2D eigenvalue weighted by atomic mass is 10.1. The molecular formula is C19H22N6O2S. The average Bonchev–Trinajstić information content (AvgIpc) is 2.93. The van der Waals surface area contributed by atoms with Crippen molar-refractivity contribution in [2.24, 2.45) is 7.05 Å². The number of rotatable bonds is 5. The van der Waals surface area contributed by atoms with Gasteiger partial charge in [0.1, 0.15) is 17.7 Å². The second-order valence-corrected chi connectivity index (χ2v) is 7.34. The molecule has 0 fully saturated rings. The molecule has 9 heteroatoms. The average molecular weight is 398 g/mol. The number of hydrogen-bond acceptors (Lipinski definition) is 5. The minimum atomic E-state index is -0.474. The van der Waals surface area contributed by atoms with Gasteiger partial charge in [-0.25, -0.2) is 19.4 Å². The summed E-state index contributed by atoms with van der Waals surface area (Å²) in [7, 11) is 1.77. The van der Waals surface area contributed by atoms with Crippen LogP contribution in [0.3, 0.4) is 0 Å². The van der Waals surface area contributed by atoms with Crippen molar-refractivity contribution in [3.8, 4) is 5.69 Å². The lowest BCUT2D eigenvalue weighted by Crippen LogP contribution is -2.25. The molecule has 0 spiro atoms. The highest BCUT2D eigenvalue weighted by Gasteiger charge is 2.23. The zero-order chi connectivity index (χ0) is 20.3. The van der Waals surface area contributed by atoms with Crippen LogP contribution < -0.4 is 16.2 Å². The molecule has 0 aliphatic heterocycles. The number of hydrogen-bond donors (Lipinski definition) is 2. The first-order chi connectivity index (χ1) is 13.4. The standard InChI is InChI=1S/C19H22N6O2S/c1-12(2)17-16(18(26)25(24(17)3)14-9-20-11-21-10-14)23-19(27)22-13-5-7-15(28-4)8-6-13/h5-12H,1-4H3,(H2,22,23,27). The topological polar surface area (TPSA) is 93.8 Å². The fraction of sp³-hybridized carbons (Fsp3) is 0.263. The van der Waals surface area contributed by atoms with E-state index in [2.05, 4.69) is 20.6 Å². The predicted molar refractivity (Wildman–Crippen MR) is 112 cm³/mol. The lowest BCUT2D eigenvalue weighted by Gasteiger charge is -2.12. The van der Waals surface area contributed by atoms with Crippen molar-refractivity contribution in [2.45, 2.75) is 24.7 Å². The molecule has 8 nitrogen and oxygen atoms in total. The number of nitrogens with one attached hydrogen (secondary N) is 2. The Kier molecular flexibility index (Phi) is 5.84. The minimum Gasteiger partial charge on any atom is -0.308 e. The van der Waals surface area contributed by atoms with Crippen molar-refractivity contribution in [3.63, 3.8) is 0 Å². The van der Waals surface area contributed by atoms with Crippen molar-refractivity contribution < 1.29 is 4.79 Å². The second kappa shape index (κ2) is 8.30. The molecule has 2 amide bonds. The van der Waals surface area contributed by atoms with E-state index in [1.165, 1.54) is 11.0 Å². The van der Waals surface area contributed by atoms with Gasteiger partial charge in [0.2, 0.25) is 0 Å². The number of nitrogens with zero attached hydrogens (tertiary/aromatic N) is 4. The lowest BCUT2D eigenvalue weighted by molar-refractivity contribution is 0.262. The van der Waals surface area contributed by atoms with E-state index < -0.39 is 6.03 Å². The Morgan fingerprint density at radius 3 is 2.32 bits per heavy atom. The molecule has 0 bridgehead atoms. The van der Waals surface area contributed by atoms with E-state index in [1.807, 2.05) is 44.4 Å². The van der Waals surface area contributed by atoms with Crippen LogP contribution in [0.1, 0.15) is 25.5 Å². The van der Waals surface area contributed by atoms with E-state index in [4.69, 9.17) is 0 Å². The van der Waals surface area contributed by atoms with Gasteiger partial charge in [-0.3, -0.25) is 9.48 Å². The Hall–Kier alpha value is -3.07. The molecule has 2 aromatic heterocycles. The number of carbonyl (C=O) groups is 1. The summed E-state index contributed by atoms with van der Waals surface area (Å²) in [6.45, 7) is 3.93. The van der Waals surface area contributed by atoms with Crippen LogP contribution in [-0.4, -0.2) is 31.6 Å². The third-order valence-electron chi connectivity index (χ3n) is 4.24. The number of anilines is 2. The summed E-state index contributed by atoms with van der Waals surface area (Å²) >= 11 is 1.62. The number of aromatic nitrogens is 4. The number of benzene rings is 1. The Balaban J connectivity index is 1.92. The van der Waals surface area contributed by atoms with Gasteiger partial charge in [-0.15, -0.1) is 11.8 Å². The first kappa shape index (κ1) is 19.7. The van der Waals surface area contributed by atoms with Gasteiger partial charge in [0, 0.05) is 17.6 Å². The van der Waals surface area contributed by atoms with Crippen molar-refractivity contribution in [2.75, 3.05) is 16.9 Å². The summed E-state index contributed by atoms with van der Waals surface area (Å²) < 4.78 is 3.16. The van der Waals surface area contributed by atoms with Crippen LogP contribution in [0.25, 0.3) is 5.69 Å². The molecule has 3 aromatic rings. The Morgan fingerprint density at radius 1 is 1.11 bits per heavy atom. The Labute approximate surface area is 167 Å². The van der Waals surface area contributed by atoms with Gasteiger partial charge < -0.3 is 10.6 Å². The highest BCUT2D eigenvalue weighted by molar-refractivity contribution is 7.98. The molecule has 0 atom stereocenters. The number of carbonyl (C=O) groups excluding carboxylic acids is 1. The van der Waals surface area contributed by atoms with Crippen LogP contribution in [0.5, 0.6) is 0 Å². The molecule has 2 heterocycles. The summed E-state index contributed by atoms with van der Waals surface area (Å²) in [6, 6.07) is 7.01. The quantitative estimate of drug-likeness (QED) is 0.642. The molecule has 2 N–H and O–H groups in total. The van der Waals surface area contributed by atoms with Crippen molar-refractivity contribution in [1.82, 2.24) is 19.3 Å². The molecule has 3 rings (SSSR count). The van der Waals surface area contributed by atoms with Crippen molar-refractivity contribution >= 4 is 29.2 Å². The van der Waals surface area contributed by atoms with Gasteiger partial charge in [-0.1, -0.05) is 13.8 Å². The van der Waals surface area contributed by atoms with Crippen LogP contribution in [0.2, 0.25) is 0 Å². The maximum absolute atomic E-state index is 13.0. The molecule has 0 aliphatic carbocycles. The van der Waals surface area contributed by atoms with Gasteiger partial charge >= 0.3 is 6.03 Å². The summed E-state index contributed by atoms with van der Waals surface area (Å²) in [5.41, 5.74) is 1.78. The predicted octanol–water partition coefficient (Wildman–Crippen LogP) is 3.46. The monoisotopic (exact) mass is 398 g/mol. The van der Waals surface area contributed by atoms with Gasteiger partial charge in [-0.2, -0.15) is 0 Å². The number of urea groups is 1. The molecular weight excluding hydrogens is 376 g/mol. The normalized spacial score (nSPS) is 10.9. The summed E-state index contributed by atoms with van der Waals surface area (Å²) in [4.78, 5) is 34.6. The molecule has 0 radical (unpaired) electrons. The van der Waals surface area contributed by atoms with E-state index >= 15 is 0 Å². The number of thioether (sulfide) groups is 1. The van der Waals surface area contributed by atoms with Crippen molar-refractivity contribution in [3.05, 3.63) is 59.0 Å². The fourth-order valence-corrected chi connectivity index (χ4v) is 3.45. The van der Waals surface area contributed by atoms with E-state index in [0.717, 1.165) is 4.90 Å². The van der Waals surface area contributed by atoms with Crippen molar-refractivity contribution in [1.29, 1.82) is 0 Å². The Morgan fingerprint density at radius 2 is 1.75 bits per heavy atom. The van der Waals surface area contributed by atoms with E-state index in [0.29, 0.717) is 17.1 Å². The fourth-order valence-electron chi connectivity index (χ4n) is 3.04. The second-order valence-electron chi connectivity index (χ2n) is 6.46. The first-order valence-electron chi connectivity index (χ1n) is 8.71. The third-order valence-corrected chi connectivity index (χ3v) is 4.98. The van der Waals surface area contributed by atoms with Gasteiger partial charge in [-0.05, 0) is 36.4 Å². The van der Waals surface area contributed by atoms with Crippen LogP contribution in [0.4, 0.5) is 16.2 Å². The summed E-state index contributed by atoms with van der Waals surface area (Å²) in [5, 5.41) is 5.48. The Bertz CT molecular complexity index is 1030. The molecule has 0 saturated heterocycles. The van der Waals surface area contributed by atoms with E-state index in [-0.39, 0.29) is 17.2 Å². The smallest absolute Gasteiger partial charge is 0.308 e. The maximum Gasteiger partial charge on any atom is 0.323 e. The van der Waals surface area contributed by atoms with Gasteiger partial charge in [0.15, 0.2) is 0 Å². The molecule has 28 heavy (non-hydrogen) atoms. The SMILES string of the molecule is CSc1ccc(NC(=O)Nc2c(C(C)C)n(C)n(-c3cncnc3)c2=O)cc1. The van der Waals surface area contributed by atoms with Crippen LogP contribution in [0.15, 0.2) is 52.7 Å². The number of amides is 2. The zero-order valence-electron chi connectivity index (χ0n) is 16.1. The van der Waals surface area contributed by atoms with Gasteiger partial charge in [0.05, 0.1) is 18.1 Å². The zero-order valence-corrected chi connectivity index (χ0v) is 16.9. The molecule has 146 valence electrons. The minimum absolute atomic E-state index is 0.0137. The van der Waals surface area contributed by atoms with E-state index in [1.54, 1.807) is 35.9 Å². The van der Waals surface area contributed by atoms with Crippen LogP contribution >= 0.6 is 11.8 Å².